The number of amides is 1. The smallest absolute Gasteiger partial charge is 0.239 e. The molecule has 4 heteroatoms. The molecule has 1 amide bonds. The van der Waals surface area contributed by atoms with Crippen LogP contribution >= 0.6 is 0 Å². The minimum atomic E-state index is 0.0989. The van der Waals surface area contributed by atoms with Gasteiger partial charge in [-0.1, -0.05) is 6.42 Å². The zero-order valence-corrected chi connectivity index (χ0v) is 8.59. The number of carbonyl (C=O) groups excluding carboxylic acids is 1. The average Bonchev–Trinajstić information content (AvgIpc) is 2.30. The first-order chi connectivity index (χ1) is 6.88. The maximum absolute atomic E-state index is 12.0. The van der Waals surface area contributed by atoms with Gasteiger partial charge in [0.1, 0.15) is 0 Å². The Kier molecular flexibility index (Phi) is 3.37. The summed E-state index contributed by atoms with van der Waals surface area (Å²) < 4.78 is 0. The third kappa shape index (κ3) is 2.25. The monoisotopic (exact) mass is 197 g/mol. The van der Waals surface area contributed by atoms with Gasteiger partial charge in [0.15, 0.2) is 0 Å². The Hall–Kier alpha value is -0.610. The third-order valence-electron chi connectivity index (χ3n) is 3.04. The average molecular weight is 197 g/mol. The van der Waals surface area contributed by atoms with E-state index < -0.39 is 0 Å². The summed E-state index contributed by atoms with van der Waals surface area (Å²) in [7, 11) is 0. The van der Waals surface area contributed by atoms with Gasteiger partial charge in [-0.15, -0.1) is 0 Å². The maximum atomic E-state index is 12.0. The number of nitrogens with one attached hydrogen (secondary N) is 2. The Bertz CT molecular complexity index is 176. The highest BCUT2D eigenvalue weighted by Gasteiger charge is 2.26. The molecule has 0 aromatic carbocycles. The fourth-order valence-corrected chi connectivity index (χ4v) is 2.17. The highest BCUT2D eigenvalue weighted by atomic mass is 16.2. The van der Waals surface area contributed by atoms with Crippen LogP contribution in [0, 0.1) is 0 Å². The Morgan fingerprint density at radius 1 is 1.14 bits per heavy atom. The predicted octanol–water partition coefficient (Wildman–Crippen LogP) is -0.440. The van der Waals surface area contributed by atoms with Crippen molar-refractivity contribution in [3.05, 3.63) is 0 Å². The zero-order chi connectivity index (χ0) is 9.80. The summed E-state index contributed by atoms with van der Waals surface area (Å²) in [6.07, 6.45) is 3.42. The lowest BCUT2D eigenvalue weighted by molar-refractivity contribution is -0.134. The highest BCUT2D eigenvalue weighted by Crippen LogP contribution is 2.10. The van der Waals surface area contributed by atoms with E-state index in [0.29, 0.717) is 5.91 Å². The molecule has 0 aromatic heterocycles. The first-order valence-electron chi connectivity index (χ1n) is 5.61. The summed E-state index contributed by atoms with van der Waals surface area (Å²) >= 11 is 0. The molecule has 0 radical (unpaired) electrons. The molecule has 1 atom stereocenters. The summed E-state index contributed by atoms with van der Waals surface area (Å²) in [4.78, 5) is 14.0. The molecule has 2 aliphatic heterocycles. The summed E-state index contributed by atoms with van der Waals surface area (Å²) in [5.74, 6) is 0.311. The van der Waals surface area contributed by atoms with Crippen molar-refractivity contribution in [3.8, 4) is 0 Å². The Balaban J connectivity index is 1.85. The molecule has 80 valence electrons. The van der Waals surface area contributed by atoms with Gasteiger partial charge in [0.25, 0.3) is 0 Å². The number of rotatable bonds is 1. The first kappa shape index (κ1) is 9.93. The van der Waals surface area contributed by atoms with E-state index in [1.165, 1.54) is 12.8 Å². The third-order valence-corrected chi connectivity index (χ3v) is 3.04. The molecule has 2 fully saturated rings. The second kappa shape index (κ2) is 4.75. The molecule has 2 heterocycles. The van der Waals surface area contributed by atoms with Gasteiger partial charge in [-0.25, -0.2) is 0 Å². The summed E-state index contributed by atoms with van der Waals surface area (Å²) in [6.45, 7) is 4.63. The van der Waals surface area contributed by atoms with Crippen molar-refractivity contribution in [3.63, 3.8) is 0 Å². The summed E-state index contributed by atoms with van der Waals surface area (Å²) in [5.41, 5.74) is 0. The van der Waals surface area contributed by atoms with Crippen LogP contribution in [-0.4, -0.2) is 49.6 Å². The van der Waals surface area contributed by atoms with Gasteiger partial charge in [-0.3, -0.25) is 4.79 Å². The standard InChI is InChI=1S/C10H19N3O/c14-10(9-3-1-2-4-12-9)13-7-5-11-6-8-13/h9,11-12H,1-8H2/t9-/m0/s1. The van der Waals surface area contributed by atoms with Gasteiger partial charge in [-0.2, -0.15) is 0 Å². The predicted molar refractivity (Wildman–Crippen MR) is 55.1 cm³/mol. The van der Waals surface area contributed by atoms with Crippen molar-refractivity contribution >= 4 is 5.91 Å². The number of piperazine rings is 1. The number of piperidine rings is 1. The fraction of sp³-hybridized carbons (Fsp3) is 0.900. The van der Waals surface area contributed by atoms with E-state index >= 15 is 0 Å². The molecule has 0 aliphatic carbocycles. The lowest BCUT2D eigenvalue weighted by atomic mass is 10.0. The van der Waals surface area contributed by atoms with Crippen LogP contribution in [0.1, 0.15) is 19.3 Å². The molecule has 4 nitrogen and oxygen atoms in total. The van der Waals surface area contributed by atoms with E-state index in [2.05, 4.69) is 10.6 Å². The van der Waals surface area contributed by atoms with E-state index in [4.69, 9.17) is 0 Å². The maximum Gasteiger partial charge on any atom is 0.239 e. The normalized spacial score (nSPS) is 28.9. The van der Waals surface area contributed by atoms with Crippen molar-refractivity contribution in [2.45, 2.75) is 25.3 Å². The SMILES string of the molecule is O=C([C@@H]1CCCCN1)N1CCNCC1. The number of nitrogens with zero attached hydrogens (tertiary/aromatic N) is 1. The largest absolute Gasteiger partial charge is 0.339 e. The molecule has 0 saturated carbocycles. The van der Waals surface area contributed by atoms with Gasteiger partial charge in [0, 0.05) is 26.2 Å². The van der Waals surface area contributed by atoms with E-state index in [-0.39, 0.29) is 6.04 Å². The minimum absolute atomic E-state index is 0.0989. The van der Waals surface area contributed by atoms with Crippen LogP contribution in [0.2, 0.25) is 0 Å². The lowest BCUT2D eigenvalue weighted by Gasteiger charge is -2.32. The minimum Gasteiger partial charge on any atom is -0.339 e. The number of hydrogen-bond donors (Lipinski definition) is 2. The van der Waals surface area contributed by atoms with Crippen molar-refractivity contribution in [1.82, 2.24) is 15.5 Å². The van der Waals surface area contributed by atoms with Gasteiger partial charge in [-0.05, 0) is 19.4 Å². The van der Waals surface area contributed by atoms with Crippen LogP contribution in [-0.2, 0) is 4.79 Å². The van der Waals surface area contributed by atoms with Crippen LogP contribution in [0.4, 0.5) is 0 Å². The molecule has 2 N–H and O–H groups in total. The molecule has 14 heavy (non-hydrogen) atoms. The summed E-state index contributed by atoms with van der Waals surface area (Å²) in [6, 6.07) is 0.0989. The van der Waals surface area contributed by atoms with Crippen LogP contribution < -0.4 is 10.6 Å². The topological polar surface area (TPSA) is 44.4 Å². The molecule has 2 rings (SSSR count). The van der Waals surface area contributed by atoms with Gasteiger partial charge in [0.2, 0.25) is 5.91 Å². The molecule has 2 aliphatic rings. The lowest BCUT2D eigenvalue weighted by Crippen LogP contribution is -2.54. The molecule has 0 unspecified atom stereocenters. The molecule has 0 aromatic rings. The van der Waals surface area contributed by atoms with E-state index in [1.807, 2.05) is 4.90 Å². The Morgan fingerprint density at radius 2 is 1.93 bits per heavy atom. The number of carbonyl (C=O) groups is 1. The van der Waals surface area contributed by atoms with Gasteiger partial charge < -0.3 is 15.5 Å². The van der Waals surface area contributed by atoms with Crippen molar-refractivity contribution < 1.29 is 4.79 Å². The van der Waals surface area contributed by atoms with Crippen LogP contribution in [0.5, 0.6) is 0 Å². The molecule has 2 saturated heterocycles. The van der Waals surface area contributed by atoms with Crippen LogP contribution in [0.25, 0.3) is 0 Å². The van der Waals surface area contributed by atoms with E-state index in [0.717, 1.165) is 39.1 Å². The molecular formula is C10H19N3O. The van der Waals surface area contributed by atoms with Crippen molar-refractivity contribution in [1.29, 1.82) is 0 Å². The van der Waals surface area contributed by atoms with Crippen molar-refractivity contribution in [2.24, 2.45) is 0 Å². The molecule has 0 spiro atoms. The second-order valence-electron chi connectivity index (χ2n) is 4.08. The quantitative estimate of drug-likeness (QED) is 0.599. The van der Waals surface area contributed by atoms with Crippen molar-refractivity contribution in [2.75, 3.05) is 32.7 Å². The zero-order valence-electron chi connectivity index (χ0n) is 8.59. The van der Waals surface area contributed by atoms with Gasteiger partial charge in [0.05, 0.1) is 6.04 Å². The first-order valence-corrected chi connectivity index (χ1v) is 5.61. The van der Waals surface area contributed by atoms with Crippen LogP contribution in [0.3, 0.4) is 0 Å². The summed E-state index contributed by atoms with van der Waals surface area (Å²) in [5, 5.41) is 6.56. The molecular weight excluding hydrogens is 178 g/mol. The number of hydrogen-bond acceptors (Lipinski definition) is 3. The van der Waals surface area contributed by atoms with E-state index in [9.17, 15) is 4.79 Å². The highest BCUT2D eigenvalue weighted by molar-refractivity contribution is 5.82. The Morgan fingerprint density at radius 3 is 2.57 bits per heavy atom. The van der Waals surface area contributed by atoms with E-state index in [1.54, 1.807) is 0 Å². The Labute approximate surface area is 85.0 Å². The van der Waals surface area contributed by atoms with Crippen LogP contribution in [0.15, 0.2) is 0 Å². The second-order valence-corrected chi connectivity index (χ2v) is 4.08. The fourth-order valence-electron chi connectivity index (χ4n) is 2.17. The van der Waals surface area contributed by atoms with Gasteiger partial charge >= 0.3 is 0 Å². The molecule has 0 bridgehead atoms.